The Morgan fingerprint density at radius 1 is 1.06 bits per heavy atom. The van der Waals surface area contributed by atoms with Gasteiger partial charge in [0.1, 0.15) is 12.1 Å². The molecule has 0 aromatic rings. The molecule has 13 heteroatoms. The Hall–Kier alpha value is -3.42. The van der Waals surface area contributed by atoms with Crippen molar-refractivity contribution in [3.63, 3.8) is 0 Å². The number of carboxylic acid groups (broad SMARTS) is 1. The van der Waals surface area contributed by atoms with Crippen LogP contribution in [0.2, 0.25) is 0 Å². The number of nitrogens with two attached hydrogens (primary N) is 2. The number of rotatable bonds is 10. The fraction of sp³-hybridized carbons (Fsp3) is 0.700. The van der Waals surface area contributed by atoms with Gasteiger partial charge in [0, 0.05) is 19.6 Å². The smallest absolute Gasteiger partial charge is 0.320 e. The summed E-state index contributed by atoms with van der Waals surface area (Å²) < 4.78 is 0. The quantitative estimate of drug-likeness (QED) is 0.0928. The van der Waals surface area contributed by atoms with E-state index in [0.717, 1.165) is 19.4 Å². The van der Waals surface area contributed by atoms with Crippen molar-refractivity contribution in [2.45, 2.75) is 56.7 Å². The second-order valence-corrected chi connectivity index (χ2v) is 7.86. The average molecular weight is 464 g/mol. The largest absolute Gasteiger partial charge is 0.480 e. The maximum absolute atomic E-state index is 12.2. The normalized spacial score (nSPS) is 21.0. The molecule has 8 N–H and O–H groups in total. The van der Waals surface area contributed by atoms with E-state index in [2.05, 4.69) is 10.6 Å². The van der Waals surface area contributed by atoms with E-state index in [4.69, 9.17) is 32.5 Å². The highest BCUT2D eigenvalue weighted by Crippen LogP contribution is 2.17. The third kappa shape index (κ3) is 9.72. The molecule has 2 fully saturated rings. The second kappa shape index (κ2) is 14.6. The number of carbonyl (C=O) groups excluding carboxylic acids is 2. The molecule has 33 heavy (non-hydrogen) atoms. The third-order valence-corrected chi connectivity index (χ3v) is 5.51. The zero-order chi connectivity index (χ0) is 24.8. The highest BCUT2D eigenvalue weighted by molar-refractivity contribution is 5.89. The number of hydrogen-bond acceptors (Lipinski definition) is 8. The van der Waals surface area contributed by atoms with Crippen LogP contribution in [0.15, 0.2) is 0 Å². The number of guanidine groups is 1. The predicted molar refractivity (Wildman–Crippen MR) is 118 cm³/mol. The first kappa shape index (κ1) is 27.6. The van der Waals surface area contributed by atoms with Gasteiger partial charge in [0.05, 0.1) is 31.3 Å². The van der Waals surface area contributed by atoms with E-state index in [1.807, 2.05) is 12.1 Å². The van der Waals surface area contributed by atoms with Crippen LogP contribution in [0.3, 0.4) is 0 Å². The number of nitrogens with zero attached hydrogens (tertiary/aromatic N) is 4. The molecule has 2 heterocycles. The minimum absolute atomic E-state index is 0.141. The van der Waals surface area contributed by atoms with Gasteiger partial charge in [0.2, 0.25) is 11.8 Å². The number of hydrogen-bond donors (Lipinski definition) is 6. The minimum Gasteiger partial charge on any atom is -0.480 e. The first-order chi connectivity index (χ1) is 15.7. The molecule has 0 spiro atoms. The van der Waals surface area contributed by atoms with E-state index in [1.165, 1.54) is 0 Å². The van der Waals surface area contributed by atoms with Gasteiger partial charge in [-0.05, 0) is 38.5 Å². The maximum Gasteiger partial charge on any atom is 0.320 e. The summed E-state index contributed by atoms with van der Waals surface area (Å²) in [6, 6.07) is 2.44. The van der Waals surface area contributed by atoms with Crippen LogP contribution in [0.4, 0.5) is 0 Å². The molecule has 2 saturated heterocycles. The van der Waals surface area contributed by atoms with Gasteiger partial charge >= 0.3 is 5.97 Å². The number of carboxylic acids is 1. The molecule has 13 nitrogen and oxygen atoms in total. The van der Waals surface area contributed by atoms with Gasteiger partial charge in [-0.2, -0.15) is 10.5 Å². The van der Waals surface area contributed by atoms with Crippen LogP contribution in [-0.2, 0) is 14.4 Å². The minimum atomic E-state index is -0.808. The van der Waals surface area contributed by atoms with Crippen LogP contribution in [-0.4, -0.2) is 89.5 Å². The van der Waals surface area contributed by atoms with Gasteiger partial charge in [0.25, 0.3) is 0 Å². The van der Waals surface area contributed by atoms with Crippen molar-refractivity contribution in [2.24, 2.45) is 11.5 Å². The highest BCUT2D eigenvalue weighted by atomic mass is 16.4. The summed E-state index contributed by atoms with van der Waals surface area (Å²) in [4.78, 5) is 37.7. The summed E-state index contributed by atoms with van der Waals surface area (Å²) in [5, 5.41) is 38.1. The molecule has 182 valence electrons. The van der Waals surface area contributed by atoms with Crippen molar-refractivity contribution >= 4 is 23.7 Å². The van der Waals surface area contributed by atoms with Crippen LogP contribution >= 0.6 is 0 Å². The van der Waals surface area contributed by atoms with Crippen molar-refractivity contribution in [1.29, 1.82) is 15.9 Å². The number of likely N-dealkylation sites (tertiary alicyclic amines) is 2. The molecule has 2 aliphatic heterocycles. The van der Waals surface area contributed by atoms with Crippen molar-refractivity contribution < 1.29 is 19.5 Å². The number of carbonyl (C=O) groups is 3. The van der Waals surface area contributed by atoms with Crippen molar-refractivity contribution in [1.82, 2.24) is 20.4 Å². The van der Waals surface area contributed by atoms with Gasteiger partial charge in [-0.3, -0.25) is 29.6 Å². The van der Waals surface area contributed by atoms with E-state index in [1.54, 1.807) is 9.80 Å². The van der Waals surface area contributed by atoms with Crippen molar-refractivity contribution in [2.75, 3.05) is 32.7 Å². The average Bonchev–Trinajstić information content (AvgIpc) is 3.40. The molecule has 2 rings (SSSR count). The second-order valence-electron chi connectivity index (χ2n) is 7.86. The summed E-state index contributed by atoms with van der Waals surface area (Å²) in [7, 11) is 0. The Labute approximate surface area is 193 Å². The summed E-state index contributed by atoms with van der Waals surface area (Å²) >= 11 is 0. The third-order valence-electron chi connectivity index (χ3n) is 5.51. The monoisotopic (exact) mass is 463 g/mol. The van der Waals surface area contributed by atoms with E-state index in [9.17, 15) is 14.4 Å². The first-order valence-corrected chi connectivity index (χ1v) is 10.8. The van der Waals surface area contributed by atoms with E-state index < -0.39 is 24.0 Å². The van der Waals surface area contributed by atoms with Crippen LogP contribution in [0.1, 0.15) is 38.5 Å². The molecule has 0 bridgehead atoms. The van der Waals surface area contributed by atoms with E-state index in [0.29, 0.717) is 38.8 Å². The lowest BCUT2D eigenvalue weighted by molar-refractivity contribution is -0.141. The van der Waals surface area contributed by atoms with Gasteiger partial charge in [0.15, 0.2) is 5.96 Å². The van der Waals surface area contributed by atoms with Gasteiger partial charge in [-0.15, -0.1) is 0 Å². The molecular formula is C20H33N9O4. The number of aliphatic carboxylic acids is 1. The fourth-order valence-electron chi connectivity index (χ4n) is 3.87. The fourth-order valence-corrected chi connectivity index (χ4v) is 3.87. The topological polar surface area (TPSA) is 225 Å². The Bertz CT molecular complexity index is 776. The molecule has 0 aromatic heterocycles. The Morgan fingerprint density at radius 3 is 2.09 bits per heavy atom. The lowest BCUT2D eigenvalue weighted by atomic mass is 10.1. The van der Waals surface area contributed by atoms with Crippen LogP contribution in [0, 0.1) is 28.1 Å². The predicted octanol–water partition coefficient (Wildman–Crippen LogP) is -1.73. The Morgan fingerprint density at radius 2 is 1.61 bits per heavy atom. The highest BCUT2D eigenvalue weighted by Gasteiger charge is 2.32. The molecule has 2 amide bonds. The van der Waals surface area contributed by atoms with Gasteiger partial charge in [-0.25, -0.2) is 0 Å². The summed E-state index contributed by atoms with van der Waals surface area (Å²) in [6.45, 7) is 2.30. The molecule has 0 saturated carbocycles. The van der Waals surface area contributed by atoms with Crippen molar-refractivity contribution in [3.8, 4) is 12.1 Å². The molecule has 0 radical (unpaired) electrons. The summed E-state index contributed by atoms with van der Waals surface area (Å²) in [5.74, 6) is -1.81. The number of amides is 2. The van der Waals surface area contributed by atoms with Gasteiger partial charge < -0.3 is 27.2 Å². The van der Waals surface area contributed by atoms with Crippen molar-refractivity contribution in [3.05, 3.63) is 0 Å². The Balaban J connectivity index is 0.000000412. The molecule has 2 aliphatic rings. The number of primary amides is 1. The zero-order valence-electron chi connectivity index (χ0n) is 18.6. The molecule has 3 atom stereocenters. The maximum atomic E-state index is 12.2. The van der Waals surface area contributed by atoms with Gasteiger partial charge in [-0.1, -0.05) is 0 Å². The number of nitriles is 2. The van der Waals surface area contributed by atoms with Crippen LogP contribution < -0.4 is 22.1 Å². The van der Waals surface area contributed by atoms with E-state index in [-0.39, 0.29) is 31.0 Å². The Kier molecular flexibility index (Phi) is 12.2. The standard InChI is InChI=1S/C13H23N7O2.C7H10N2O2/c14-5-8-20-7-2-4-10(20)12(22)19-9(11(15)21)3-1-6-18-13(16)17;8-3-5-9-4-1-2-6(9)7(10)11/h9-10H,1-4,6-8H2,(H2,15,21)(H,19,22)(H4,16,17,18);6H,1-2,4-5H2,(H,10,11). The molecular weight excluding hydrogens is 430 g/mol. The number of nitrogens with one attached hydrogen (secondary N) is 3. The summed E-state index contributed by atoms with van der Waals surface area (Å²) in [5.41, 5.74) is 10.5. The van der Waals surface area contributed by atoms with Crippen LogP contribution in [0.5, 0.6) is 0 Å². The molecule has 0 aliphatic carbocycles. The first-order valence-electron chi connectivity index (χ1n) is 10.8. The van der Waals surface area contributed by atoms with E-state index >= 15 is 0 Å². The molecule has 3 unspecified atom stereocenters. The summed E-state index contributed by atoms with van der Waals surface area (Å²) in [6.07, 6.45) is 4.00. The zero-order valence-corrected chi connectivity index (χ0v) is 18.6. The SMILES string of the molecule is N#CCN1CCCC1C(=O)NC(CCCNC(=N)N)C(N)=O.N#CCN1CCCC1C(=O)O. The molecule has 0 aromatic carbocycles. The van der Waals surface area contributed by atoms with Crippen LogP contribution in [0.25, 0.3) is 0 Å². The lowest BCUT2D eigenvalue weighted by Crippen LogP contribution is -2.51. The lowest BCUT2D eigenvalue weighted by Gasteiger charge is -2.23.